The number of amides is 2. The number of rotatable bonds is 5. The van der Waals surface area contributed by atoms with Gasteiger partial charge in [0.05, 0.1) is 5.75 Å². The third-order valence-electron chi connectivity index (χ3n) is 4.63. The molecular weight excluding hydrogens is 292 g/mol. The third-order valence-corrected chi connectivity index (χ3v) is 6.42. The molecule has 1 N–H and O–H groups in total. The van der Waals surface area contributed by atoms with Crippen LogP contribution < -0.4 is 5.32 Å². The first kappa shape index (κ1) is 16.3. The van der Waals surface area contributed by atoms with Crippen LogP contribution in [0.25, 0.3) is 0 Å². The summed E-state index contributed by atoms with van der Waals surface area (Å²) in [5.74, 6) is 0.00562. The van der Waals surface area contributed by atoms with E-state index in [1.165, 1.54) is 0 Å². The lowest BCUT2D eigenvalue weighted by Gasteiger charge is -2.43. The molecule has 1 unspecified atom stereocenters. The summed E-state index contributed by atoms with van der Waals surface area (Å²) in [6.07, 6.45) is 3.65. The molecule has 0 aromatic rings. The van der Waals surface area contributed by atoms with Crippen molar-refractivity contribution in [3.05, 3.63) is 0 Å². The van der Waals surface area contributed by atoms with Crippen LogP contribution in [0.4, 0.5) is 0 Å². The molecule has 0 bridgehead atoms. The minimum Gasteiger partial charge on any atom is -0.340 e. The van der Waals surface area contributed by atoms with E-state index in [4.69, 9.17) is 0 Å². The van der Waals surface area contributed by atoms with Gasteiger partial charge in [-0.2, -0.15) is 0 Å². The summed E-state index contributed by atoms with van der Waals surface area (Å²) in [5, 5.41) is 2.89. The third kappa shape index (κ3) is 3.22. The fraction of sp³-hybridized carbons (Fsp3) is 0.857. The molecule has 1 saturated heterocycles. The molecule has 2 aliphatic rings. The number of nitrogens with one attached hydrogen (secondary N) is 1. The molecule has 0 radical (unpaired) electrons. The predicted molar refractivity (Wildman–Crippen MR) is 79.5 cm³/mol. The Kier molecular flexibility index (Phi) is 4.60. The number of nitrogens with zero attached hydrogens (tertiary/aromatic N) is 1. The summed E-state index contributed by atoms with van der Waals surface area (Å²) in [6.45, 7) is 3.64. The average Bonchev–Trinajstić information content (AvgIpc) is 2.90. The predicted octanol–water partition coefficient (Wildman–Crippen LogP) is 0.471. The van der Waals surface area contributed by atoms with Crippen molar-refractivity contribution >= 4 is 21.7 Å². The van der Waals surface area contributed by atoms with Crippen LogP contribution in [-0.4, -0.2) is 54.8 Å². The first-order chi connectivity index (χ1) is 9.81. The van der Waals surface area contributed by atoms with Gasteiger partial charge >= 0.3 is 0 Å². The van der Waals surface area contributed by atoms with Gasteiger partial charge in [-0.3, -0.25) is 9.59 Å². The van der Waals surface area contributed by atoms with Crippen LogP contribution in [0, 0.1) is 0 Å². The van der Waals surface area contributed by atoms with Crippen molar-refractivity contribution < 1.29 is 18.0 Å². The Labute approximate surface area is 126 Å². The van der Waals surface area contributed by atoms with Crippen molar-refractivity contribution in [1.82, 2.24) is 10.2 Å². The lowest BCUT2D eigenvalue weighted by atomic mass is 9.91. The van der Waals surface area contributed by atoms with Crippen molar-refractivity contribution in [2.45, 2.75) is 57.5 Å². The highest BCUT2D eigenvalue weighted by Gasteiger charge is 2.50. The molecule has 1 aliphatic carbocycles. The van der Waals surface area contributed by atoms with Gasteiger partial charge in [0.2, 0.25) is 11.8 Å². The van der Waals surface area contributed by atoms with E-state index < -0.39 is 21.4 Å². The monoisotopic (exact) mass is 316 g/mol. The first-order valence-corrected chi connectivity index (χ1v) is 9.47. The second-order valence-corrected chi connectivity index (χ2v) is 8.52. The summed E-state index contributed by atoms with van der Waals surface area (Å²) >= 11 is 0. The summed E-state index contributed by atoms with van der Waals surface area (Å²) in [7, 11) is -3.03. The average molecular weight is 316 g/mol. The van der Waals surface area contributed by atoms with Crippen LogP contribution in [0.2, 0.25) is 0 Å². The lowest BCUT2D eigenvalue weighted by Crippen LogP contribution is -2.68. The molecule has 0 aromatic carbocycles. The molecule has 120 valence electrons. The Morgan fingerprint density at radius 3 is 2.48 bits per heavy atom. The van der Waals surface area contributed by atoms with Gasteiger partial charge in [0.15, 0.2) is 0 Å². The highest BCUT2D eigenvalue weighted by atomic mass is 32.2. The molecule has 2 amide bonds. The van der Waals surface area contributed by atoms with E-state index in [2.05, 4.69) is 5.32 Å². The number of piperazine rings is 1. The van der Waals surface area contributed by atoms with Gasteiger partial charge in [-0.1, -0.05) is 19.8 Å². The Balaban J connectivity index is 2.05. The van der Waals surface area contributed by atoms with Crippen LogP contribution in [0.15, 0.2) is 0 Å². The van der Waals surface area contributed by atoms with Crippen molar-refractivity contribution in [3.8, 4) is 0 Å². The van der Waals surface area contributed by atoms with Crippen LogP contribution in [0.3, 0.4) is 0 Å². The molecule has 1 spiro atoms. The maximum absolute atomic E-state index is 12.7. The van der Waals surface area contributed by atoms with E-state index >= 15 is 0 Å². The smallest absolute Gasteiger partial charge is 0.248 e. The molecule has 0 aromatic heterocycles. The van der Waals surface area contributed by atoms with Crippen molar-refractivity contribution in [3.63, 3.8) is 0 Å². The maximum atomic E-state index is 12.7. The van der Waals surface area contributed by atoms with Crippen molar-refractivity contribution in [2.75, 3.05) is 18.1 Å². The van der Waals surface area contributed by atoms with Crippen LogP contribution in [-0.2, 0) is 19.4 Å². The van der Waals surface area contributed by atoms with Crippen LogP contribution in [0.1, 0.15) is 46.0 Å². The number of hydrogen-bond acceptors (Lipinski definition) is 4. The molecular formula is C14H24N2O4S. The van der Waals surface area contributed by atoms with Gasteiger partial charge in [-0.05, 0) is 26.2 Å². The zero-order chi connectivity index (χ0) is 15.7. The SMILES string of the molecule is CCS(=O)(=O)CCCN1C(=O)C2(CCCC2)NC(=O)C1C. The largest absolute Gasteiger partial charge is 0.340 e. The molecule has 1 aliphatic heterocycles. The molecule has 2 rings (SSSR count). The van der Waals surface area contributed by atoms with Crippen molar-refractivity contribution in [1.29, 1.82) is 0 Å². The number of sulfone groups is 1. The quantitative estimate of drug-likeness (QED) is 0.799. The fourth-order valence-corrected chi connectivity index (χ4v) is 4.06. The van der Waals surface area contributed by atoms with E-state index in [0.717, 1.165) is 12.8 Å². The lowest BCUT2D eigenvalue weighted by molar-refractivity contribution is -0.154. The Hall–Kier alpha value is -1.11. The molecule has 2 fully saturated rings. The van der Waals surface area contributed by atoms with Gasteiger partial charge < -0.3 is 10.2 Å². The van der Waals surface area contributed by atoms with E-state index in [1.807, 2.05) is 0 Å². The normalized spacial score (nSPS) is 25.4. The molecule has 6 nitrogen and oxygen atoms in total. The number of carbonyl (C=O) groups excluding carboxylic acids is 2. The maximum Gasteiger partial charge on any atom is 0.248 e. The number of hydrogen-bond donors (Lipinski definition) is 1. The van der Waals surface area contributed by atoms with Gasteiger partial charge in [0, 0.05) is 12.3 Å². The zero-order valence-electron chi connectivity index (χ0n) is 12.7. The summed E-state index contributed by atoms with van der Waals surface area (Å²) in [4.78, 5) is 26.4. The highest BCUT2D eigenvalue weighted by molar-refractivity contribution is 7.91. The summed E-state index contributed by atoms with van der Waals surface area (Å²) in [5.41, 5.74) is -0.729. The summed E-state index contributed by atoms with van der Waals surface area (Å²) in [6, 6.07) is -0.520. The minimum absolute atomic E-state index is 0.0407. The van der Waals surface area contributed by atoms with Crippen molar-refractivity contribution in [2.24, 2.45) is 0 Å². The standard InChI is InChI=1S/C14H24N2O4S/c1-3-21(19,20)10-6-9-16-11(2)12(17)15-14(13(16)18)7-4-5-8-14/h11H,3-10H2,1-2H3,(H,15,17). The van der Waals surface area contributed by atoms with E-state index in [0.29, 0.717) is 25.8 Å². The Morgan fingerprint density at radius 2 is 1.90 bits per heavy atom. The fourth-order valence-electron chi connectivity index (χ4n) is 3.20. The second-order valence-electron chi connectivity index (χ2n) is 6.04. The Bertz CT molecular complexity index is 523. The minimum atomic E-state index is -3.03. The van der Waals surface area contributed by atoms with Gasteiger partial charge in [0.1, 0.15) is 21.4 Å². The topological polar surface area (TPSA) is 83.6 Å². The van der Waals surface area contributed by atoms with Gasteiger partial charge in [0.25, 0.3) is 0 Å². The molecule has 1 saturated carbocycles. The van der Waals surface area contributed by atoms with E-state index in [1.54, 1.807) is 18.7 Å². The van der Waals surface area contributed by atoms with E-state index in [-0.39, 0.29) is 23.3 Å². The summed E-state index contributed by atoms with van der Waals surface area (Å²) < 4.78 is 23.1. The van der Waals surface area contributed by atoms with Crippen LogP contribution in [0.5, 0.6) is 0 Å². The Morgan fingerprint density at radius 1 is 1.29 bits per heavy atom. The molecule has 21 heavy (non-hydrogen) atoms. The van der Waals surface area contributed by atoms with Crippen LogP contribution >= 0.6 is 0 Å². The molecule has 1 heterocycles. The molecule has 1 atom stereocenters. The first-order valence-electron chi connectivity index (χ1n) is 7.65. The number of carbonyl (C=O) groups is 2. The highest BCUT2D eigenvalue weighted by Crippen LogP contribution is 2.34. The second kappa shape index (κ2) is 5.94. The van der Waals surface area contributed by atoms with Gasteiger partial charge in [-0.25, -0.2) is 8.42 Å². The zero-order valence-corrected chi connectivity index (χ0v) is 13.5. The van der Waals surface area contributed by atoms with E-state index in [9.17, 15) is 18.0 Å². The molecule has 7 heteroatoms. The van der Waals surface area contributed by atoms with Gasteiger partial charge in [-0.15, -0.1) is 0 Å².